The fourth-order valence-electron chi connectivity index (χ4n) is 2.52. The van der Waals surface area contributed by atoms with Gasteiger partial charge in [-0.2, -0.15) is 0 Å². The molecule has 1 aromatic carbocycles. The van der Waals surface area contributed by atoms with E-state index in [2.05, 4.69) is 10.3 Å². The molecule has 0 aliphatic rings. The summed E-state index contributed by atoms with van der Waals surface area (Å²) in [6.45, 7) is -6.51. The first kappa shape index (κ1) is 13.8. The summed E-state index contributed by atoms with van der Waals surface area (Å²) in [6.07, 6.45) is 1.42. The van der Waals surface area contributed by atoms with Crippen molar-refractivity contribution in [1.29, 1.82) is 0 Å². The maximum atomic E-state index is 12.7. The average molecular weight is 394 g/mol. The third kappa shape index (κ3) is 6.17. The van der Waals surface area contributed by atoms with Gasteiger partial charge in [0.2, 0.25) is 5.91 Å². The number of carbonyl (C=O) groups is 3. The first-order valence-electron chi connectivity index (χ1n) is 11.5. The van der Waals surface area contributed by atoms with Gasteiger partial charge >= 0.3 is 11.9 Å². The largest absolute Gasteiger partial charge is 0.473 e. The average Bonchev–Trinajstić information content (AvgIpc) is 2.76. The van der Waals surface area contributed by atoms with Crippen molar-refractivity contribution < 1.29 is 34.2 Å². The minimum Gasteiger partial charge on any atom is -0.473 e. The third-order valence-electron chi connectivity index (χ3n) is 3.77. The molecule has 0 aliphatic heterocycles. The molecule has 0 radical (unpaired) electrons. The van der Waals surface area contributed by atoms with E-state index < -0.39 is 43.0 Å². The van der Waals surface area contributed by atoms with E-state index in [-0.39, 0.29) is 13.0 Å². The zero-order valence-corrected chi connectivity index (χ0v) is 14.8. The Labute approximate surface area is 173 Å². The summed E-state index contributed by atoms with van der Waals surface area (Å²) in [7, 11) is 0. The van der Waals surface area contributed by atoms with Crippen LogP contribution in [0.4, 0.5) is 0 Å². The Morgan fingerprint density at radius 1 is 1.14 bits per heavy atom. The Morgan fingerprint density at radius 2 is 1.75 bits per heavy atom. The lowest BCUT2D eigenvalue weighted by molar-refractivity contribution is -0.159. The van der Waals surface area contributed by atoms with Crippen molar-refractivity contribution in [2.24, 2.45) is 5.73 Å². The highest BCUT2D eigenvalue weighted by molar-refractivity contribution is 6.27. The molecule has 1 unspecified atom stereocenters. The van der Waals surface area contributed by atoms with Crippen LogP contribution in [-0.2, 0) is 19.8 Å². The van der Waals surface area contributed by atoms with Crippen LogP contribution in [0.15, 0.2) is 54.7 Å². The van der Waals surface area contributed by atoms with Crippen molar-refractivity contribution in [2.45, 2.75) is 31.6 Å². The predicted molar refractivity (Wildman–Crippen MR) is 104 cm³/mol. The molecule has 2 aromatic rings. The van der Waals surface area contributed by atoms with Crippen LogP contribution in [-0.4, -0.2) is 45.6 Å². The van der Waals surface area contributed by atoms with Gasteiger partial charge in [-0.25, -0.2) is 9.59 Å². The van der Waals surface area contributed by atoms with Crippen LogP contribution in [0.3, 0.4) is 0 Å². The first-order chi connectivity index (χ1) is 16.0. The van der Waals surface area contributed by atoms with Gasteiger partial charge in [0, 0.05) is 21.8 Å². The molecule has 0 saturated carbocycles. The summed E-state index contributed by atoms with van der Waals surface area (Å²) < 4.78 is 53.1. The third-order valence-corrected chi connectivity index (χ3v) is 3.77. The van der Waals surface area contributed by atoms with Crippen molar-refractivity contribution in [3.05, 3.63) is 66.0 Å². The number of amides is 1. The molecular weight excluding hydrogens is 362 g/mol. The van der Waals surface area contributed by atoms with E-state index in [1.807, 2.05) is 0 Å². The van der Waals surface area contributed by atoms with Crippen LogP contribution in [0.2, 0.25) is 0 Å². The minimum absolute atomic E-state index is 0.0872. The predicted octanol–water partition coefficient (Wildman–Crippen LogP) is 1.40. The van der Waals surface area contributed by atoms with Gasteiger partial charge in [0.05, 0.1) is 5.69 Å². The molecule has 5 N–H and O–H groups in total. The Kier molecular flexibility index (Phi) is 5.33. The Hall–Kier alpha value is -3.26. The SMILES string of the molecule is O=C(O)C(=O)O.[2H]C([2H])([2H])C([2H])(NCCC(C(N)=O)(c1ccccc1)c1ccccn1)C([2H])([2H])[2H]. The maximum absolute atomic E-state index is 12.7. The van der Waals surface area contributed by atoms with Crippen LogP contribution in [0.5, 0.6) is 0 Å². The van der Waals surface area contributed by atoms with Gasteiger partial charge < -0.3 is 21.3 Å². The van der Waals surface area contributed by atoms with Crippen LogP contribution >= 0.6 is 0 Å². The number of pyridine rings is 1. The summed E-state index contributed by atoms with van der Waals surface area (Å²) in [5.41, 5.74) is 5.23. The molecular formula is C20H25N3O5. The van der Waals surface area contributed by atoms with Crippen molar-refractivity contribution in [1.82, 2.24) is 10.3 Å². The van der Waals surface area contributed by atoms with Gasteiger partial charge in [-0.1, -0.05) is 50.1 Å². The molecule has 8 heteroatoms. The zero-order valence-electron chi connectivity index (χ0n) is 21.8. The highest BCUT2D eigenvalue weighted by Gasteiger charge is 2.41. The summed E-state index contributed by atoms with van der Waals surface area (Å²) in [6, 6.07) is 10.7. The lowest BCUT2D eigenvalue weighted by Crippen LogP contribution is -2.45. The number of hydrogen-bond donors (Lipinski definition) is 4. The maximum Gasteiger partial charge on any atom is 0.414 e. The van der Waals surface area contributed by atoms with E-state index >= 15 is 0 Å². The van der Waals surface area contributed by atoms with Gasteiger partial charge in [0.25, 0.3) is 0 Å². The molecule has 0 bridgehead atoms. The van der Waals surface area contributed by atoms with Gasteiger partial charge in [-0.15, -0.1) is 0 Å². The zero-order chi connectivity index (χ0) is 27.1. The highest BCUT2D eigenvalue weighted by atomic mass is 16.4. The number of carboxylic acids is 2. The van der Waals surface area contributed by atoms with Gasteiger partial charge in [-0.05, 0) is 30.7 Å². The topological polar surface area (TPSA) is 143 Å². The number of primary amides is 1. The van der Waals surface area contributed by atoms with Crippen molar-refractivity contribution in [3.8, 4) is 0 Å². The number of nitrogens with zero attached hydrogens (tertiary/aromatic N) is 1. The first-order valence-corrected chi connectivity index (χ1v) is 7.99. The van der Waals surface area contributed by atoms with E-state index in [1.165, 1.54) is 6.20 Å². The molecule has 150 valence electrons. The van der Waals surface area contributed by atoms with Crippen molar-refractivity contribution in [3.63, 3.8) is 0 Å². The molecule has 8 nitrogen and oxygen atoms in total. The number of aliphatic carboxylic acids is 2. The Morgan fingerprint density at radius 3 is 2.21 bits per heavy atom. The number of rotatable bonds is 7. The van der Waals surface area contributed by atoms with E-state index in [1.54, 1.807) is 48.5 Å². The smallest absolute Gasteiger partial charge is 0.414 e. The Bertz CT molecular complexity index is 950. The summed E-state index contributed by atoms with van der Waals surface area (Å²) in [5.74, 6) is -4.37. The molecule has 0 aliphatic carbocycles. The normalized spacial score (nSPS) is 17.4. The number of carbonyl (C=O) groups excluding carboxylic acids is 1. The van der Waals surface area contributed by atoms with E-state index in [0.717, 1.165) is 0 Å². The molecule has 1 atom stereocenters. The van der Waals surface area contributed by atoms with Crippen LogP contribution < -0.4 is 11.1 Å². The number of nitrogens with one attached hydrogen (secondary N) is 1. The summed E-state index contributed by atoms with van der Waals surface area (Å²) in [5, 5.41) is 17.1. The molecule has 1 heterocycles. The van der Waals surface area contributed by atoms with Gasteiger partial charge in [0.15, 0.2) is 0 Å². The van der Waals surface area contributed by atoms with E-state index in [0.29, 0.717) is 11.3 Å². The molecule has 0 saturated heterocycles. The fraction of sp³-hybridized carbons (Fsp3) is 0.300. The lowest BCUT2D eigenvalue weighted by atomic mass is 9.73. The second kappa shape index (κ2) is 10.8. The number of carboxylic acid groups (broad SMARTS) is 2. The molecule has 0 spiro atoms. The monoisotopic (exact) mass is 394 g/mol. The van der Waals surface area contributed by atoms with Crippen LogP contribution in [0.25, 0.3) is 0 Å². The number of benzene rings is 1. The molecule has 1 amide bonds. The molecule has 28 heavy (non-hydrogen) atoms. The molecule has 2 rings (SSSR count). The summed E-state index contributed by atoms with van der Waals surface area (Å²) >= 11 is 0. The quantitative estimate of drug-likeness (QED) is 0.520. The van der Waals surface area contributed by atoms with E-state index in [4.69, 9.17) is 35.1 Å². The van der Waals surface area contributed by atoms with Crippen molar-refractivity contribution >= 4 is 17.8 Å². The van der Waals surface area contributed by atoms with Crippen LogP contribution in [0.1, 0.15) is 41.0 Å². The standard InChI is InChI=1S/C18H23N3O.C2H2O4/c1-14(2)20-13-11-18(17(19)22,15-8-4-3-5-9-15)16-10-6-7-12-21-16;3-1(4)2(5)6/h3-10,12,14,20H,11,13H2,1-2H3,(H2,19,22);(H,3,4)(H,5,6)/i1D3,2D3,14D;. The Balaban J connectivity index is 0.000000905. The lowest BCUT2D eigenvalue weighted by Gasteiger charge is -2.31. The van der Waals surface area contributed by atoms with Crippen LogP contribution in [0, 0.1) is 0 Å². The number of nitrogens with two attached hydrogens (primary N) is 1. The summed E-state index contributed by atoms with van der Waals surface area (Å²) in [4.78, 5) is 35.1. The second-order valence-electron chi connectivity index (χ2n) is 5.51. The highest BCUT2D eigenvalue weighted by Crippen LogP contribution is 2.34. The number of aromatic nitrogens is 1. The van der Waals surface area contributed by atoms with Gasteiger partial charge in [-0.3, -0.25) is 9.78 Å². The van der Waals surface area contributed by atoms with Crippen molar-refractivity contribution in [2.75, 3.05) is 6.54 Å². The minimum atomic E-state index is -3.12. The second-order valence-corrected chi connectivity index (χ2v) is 5.51. The van der Waals surface area contributed by atoms with E-state index in [9.17, 15) is 4.79 Å². The number of hydrogen-bond acceptors (Lipinski definition) is 5. The molecule has 0 fully saturated rings. The van der Waals surface area contributed by atoms with Gasteiger partial charge in [0.1, 0.15) is 5.41 Å². The molecule has 1 aromatic heterocycles. The fourth-order valence-corrected chi connectivity index (χ4v) is 2.52.